The number of aryl methyl sites for hydroxylation is 2. The summed E-state index contributed by atoms with van der Waals surface area (Å²) in [6, 6.07) is 0. The Kier molecular flexibility index (Phi) is 5.85. The standard InChI is InChI=1S/C13H23N3O2/c1-9(6-7-14)4-5-13(17)15-8-12-10(2)16-18-11(12)3/h9H,4-8,14H2,1-3H3,(H,15,17). The van der Waals surface area contributed by atoms with Crippen LogP contribution in [0.2, 0.25) is 0 Å². The van der Waals surface area contributed by atoms with Crippen molar-refractivity contribution in [2.75, 3.05) is 6.54 Å². The summed E-state index contributed by atoms with van der Waals surface area (Å²) in [4.78, 5) is 11.7. The lowest BCUT2D eigenvalue weighted by atomic mass is 10.0. The van der Waals surface area contributed by atoms with Gasteiger partial charge in [0.2, 0.25) is 5.91 Å². The molecule has 5 nitrogen and oxygen atoms in total. The molecule has 1 heterocycles. The van der Waals surface area contributed by atoms with Crippen LogP contribution in [0.5, 0.6) is 0 Å². The van der Waals surface area contributed by atoms with Crippen molar-refractivity contribution in [1.82, 2.24) is 10.5 Å². The molecule has 1 unspecified atom stereocenters. The molecule has 0 saturated heterocycles. The second-order valence-electron chi connectivity index (χ2n) is 4.80. The Morgan fingerprint density at radius 3 is 2.72 bits per heavy atom. The van der Waals surface area contributed by atoms with Gasteiger partial charge in [-0.2, -0.15) is 0 Å². The van der Waals surface area contributed by atoms with E-state index in [2.05, 4.69) is 17.4 Å². The molecule has 1 aromatic rings. The average molecular weight is 253 g/mol. The number of amides is 1. The molecule has 102 valence electrons. The third-order valence-electron chi connectivity index (χ3n) is 3.17. The molecule has 0 radical (unpaired) electrons. The van der Waals surface area contributed by atoms with E-state index in [1.807, 2.05) is 13.8 Å². The molecule has 1 amide bonds. The highest BCUT2D eigenvalue weighted by molar-refractivity contribution is 5.75. The van der Waals surface area contributed by atoms with E-state index < -0.39 is 0 Å². The van der Waals surface area contributed by atoms with E-state index in [4.69, 9.17) is 10.3 Å². The van der Waals surface area contributed by atoms with Crippen LogP contribution in [0.15, 0.2) is 4.52 Å². The largest absolute Gasteiger partial charge is 0.361 e. The summed E-state index contributed by atoms with van der Waals surface area (Å²) >= 11 is 0. The zero-order chi connectivity index (χ0) is 13.5. The van der Waals surface area contributed by atoms with Crippen LogP contribution in [0.3, 0.4) is 0 Å². The van der Waals surface area contributed by atoms with Crippen molar-refractivity contribution in [3.63, 3.8) is 0 Å². The summed E-state index contributed by atoms with van der Waals surface area (Å²) in [6.07, 6.45) is 2.40. The van der Waals surface area contributed by atoms with E-state index in [1.165, 1.54) is 0 Å². The summed E-state index contributed by atoms with van der Waals surface area (Å²) in [6.45, 7) is 7.02. The lowest BCUT2D eigenvalue weighted by Gasteiger charge is -2.09. The van der Waals surface area contributed by atoms with E-state index in [-0.39, 0.29) is 5.91 Å². The van der Waals surface area contributed by atoms with Gasteiger partial charge in [0.1, 0.15) is 5.76 Å². The van der Waals surface area contributed by atoms with Crippen molar-refractivity contribution in [1.29, 1.82) is 0 Å². The highest BCUT2D eigenvalue weighted by Gasteiger charge is 2.11. The number of hydrogen-bond acceptors (Lipinski definition) is 4. The minimum atomic E-state index is 0.0684. The van der Waals surface area contributed by atoms with Crippen molar-refractivity contribution in [3.8, 4) is 0 Å². The van der Waals surface area contributed by atoms with Gasteiger partial charge >= 0.3 is 0 Å². The van der Waals surface area contributed by atoms with Crippen LogP contribution < -0.4 is 11.1 Å². The zero-order valence-electron chi connectivity index (χ0n) is 11.5. The number of nitrogens with zero attached hydrogens (tertiary/aromatic N) is 1. The van der Waals surface area contributed by atoms with Crippen molar-refractivity contribution in [2.45, 2.75) is 46.6 Å². The third-order valence-corrected chi connectivity index (χ3v) is 3.17. The maximum absolute atomic E-state index is 11.7. The first kappa shape index (κ1) is 14.7. The average Bonchev–Trinajstić information content (AvgIpc) is 2.64. The fourth-order valence-corrected chi connectivity index (χ4v) is 1.84. The second-order valence-corrected chi connectivity index (χ2v) is 4.80. The summed E-state index contributed by atoms with van der Waals surface area (Å²) in [5.41, 5.74) is 7.28. The highest BCUT2D eigenvalue weighted by Crippen LogP contribution is 2.12. The lowest BCUT2D eigenvalue weighted by molar-refractivity contribution is -0.121. The minimum Gasteiger partial charge on any atom is -0.361 e. The SMILES string of the molecule is Cc1noc(C)c1CNC(=O)CCC(C)CCN. The van der Waals surface area contributed by atoms with Crippen LogP contribution in [-0.4, -0.2) is 17.6 Å². The monoisotopic (exact) mass is 253 g/mol. The fraction of sp³-hybridized carbons (Fsp3) is 0.692. The number of nitrogens with one attached hydrogen (secondary N) is 1. The third kappa shape index (κ3) is 4.49. The molecule has 0 aliphatic heterocycles. The van der Waals surface area contributed by atoms with Gasteiger partial charge < -0.3 is 15.6 Å². The van der Waals surface area contributed by atoms with Crippen molar-refractivity contribution in [3.05, 3.63) is 17.0 Å². The van der Waals surface area contributed by atoms with Gasteiger partial charge in [0, 0.05) is 18.5 Å². The number of hydrogen-bond donors (Lipinski definition) is 2. The molecule has 5 heteroatoms. The van der Waals surface area contributed by atoms with Crippen molar-refractivity contribution < 1.29 is 9.32 Å². The number of aromatic nitrogens is 1. The van der Waals surface area contributed by atoms with Gasteiger partial charge in [-0.25, -0.2) is 0 Å². The number of nitrogens with two attached hydrogens (primary N) is 1. The number of carbonyl (C=O) groups is 1. The summed E-state index contributed by atoms with van der Waals surface area (Å²) in [5.74, 6) is 1.34. The first-order valence-electron chi connectivity index (χ1n) is 6.43. The van der Waals surface area contributed by atoms with Crippen molar-refractivity contribution in [2.24, 2.45) is 11.7 Å². The maximum Gasteiger partial charge on any atom is 0.220 e. The van der Waals surface area contributed by atoms with Gasteiger partial charge in [0.25, 0.3) is 0 Å². The van der Waals surface area contributed by atoms with Crippen LogP contribution in [0, 0.1) is 19.8 Å². The molecule has 0 aromatic carbocycles. The topological polar surface area (TPSA) is 81.2 Å². The fourth-order valence-electron chi connectivity index (χ4n) is 1.84. The molecule has 0 saturated carbocycles. The van der Waals surface area contributed by atoms with Crippen LogP contribution >= 0.6 is 0 Å². The Balaban J connectivity index is 2.29. The Morgan fingerprint density at radius 1 is 1.44 bits per heavy atom. The number of rotatable bonds is 7. The molecule has 0 fully saturated rings. The van der Waals surface area contributed by atoms with Crippen molar-refractivity contribution >= 4 is 5.91 Å². The zero-order valence-corrected chi connectivity index (χ0v) is 11.5. The van der Waals surface area contributed by atoms with Crippen LogP contribution in [-0.2, 0) is 11.3 Å². The quantitative estimate of drug-likeness (QED) is 0.774. The molecule has 18 heavy (non-hydrogen) atoms. The summed E-state index contributed by atoms with van der Waals surface area (Å²) in [5, 5.41) is 6.75. The van der Waals surface area contributed by atoms with Crippen LogP contribution in [0.4, 0.5) is 0 Å². The van der Waals surface area contributed by atoms with Gasteiger partial charge in [0.15, 0.2) is 0 Å². The predicted molar refractivity (Wildman–Crippen MR) is 69.9 cm³/mol. The van der Waals surface area contributed by atoms with Crippen LogP contribution in [0.25, 0.3) is 0 Å². The Labute approximate surface area is 108 Å². The van der Waals surface area contributed by atoms with Gasteiger partial charge in [-0.3, -0.25) is 4.79 Å². The molecule has 1 rings (SSSR count). The first-order chi connectivity index (χ1) is 8.54. The van der Waals surface area contributed by atoms with E-state index in [9.17, 15) is 4.79 Å². The first-order valence-corrected chi connectivity index (χ1v) is 6.43. The van der Waals surface area contributed by atoms with E-state index >= 15 is 0 Å². The highest BCUT2D eigenvalue weighted by atomic mass is 16.5. The smallest absolute Gasteiger partial charge is 0.220 e. The van der Waals surface area contributed by atoms with Crippen LogP contribution in [0.1, 0.15) is 43.2 Å². The molecule has 3 N–H and O–H groups in total. The van der Waals surface area contributed by atoms with E-state index in [0.717, 1.165) is 29.9 Å². The molecular weight excluding hydrogens is 230 g/mol. The summed E-state index contributed by atoms with van der Waals surface area (Å²) in [7, 11) is 0. The second kappa shape index (κ2) is 7.16. The minimum absolute atomic E-state index is 0.0684. The molecular formula is C13H23N3O2. The van der Waals surface area contributed by atoms with Gasteiger partial charge in [-0.15, -0.1) is 0 Å². The molecule has 1 aromatic heterocycles. The lowest BCUT2D eigenvalue weighted by Crippen LogP contribution is -2.23. The molecule has 0 aliphatic rings. The molecule has 0 aliphatic carbocycles. The van der Waals surface area contributed by atoms with Gasteiger partial charge in [-0.1, -0.05) is 12.1 Å². The Bertz CT molecular complexity index is 368. The van der Waals surface area contributed by atoms with Gasteiger partial charge in [0.05, 0.1) is 5.69 Å². The summed E-state index contributed by atoms with van der Waals surface area (Å²) < 4.78 is 5.04. The molecule has 0 bridgehead atoms. The van der Waals surface area contributed by atoms with E-state index in [1.54, 1.807) is 0 Å². The number of carbonyl (C=O) groups excluding carboxylic acids is 1. The Hall–Kier alpha value is -1.36. The van der Waals surface area contributed by atoms with Gasteiger partial charge in [-0.05, 0) is 39.2 Å². The van der Waals surface area contributed by atoms with E-state index in [0.29, 0.717) is 25.4 Å². The molecule has 0 spiro atoms. The predicted octanol–water partition coefficient (Wildman–Crippen LogP) is 1.67. The Morgan fingerprint density at radius 2 is 2.17 bits per heavy atom. The molecule has 1 atom stereocenters. The maximum atomic E-state index is 11.7. The normalized spacial score (nSPS) is 12.4.